The minimum atomic E-state index is -0.550. The maximum atomic E-state index is 12.0. The summed E-state index contributed by atoms with van der Waals surface area (Å²) in [6, 6.07) is 15.5. The number of carbonyl (C=O) groups is 1. The third-order valence-electron chi connectivity index (χ3n) is 2.70. The Morgan fingerprint density at radius 2 is 1.91 bits per heavy atom. The number of rotatable bonds is 4. The van der Waals surface area contributed by atoms with Gasteiger partial charge >= 0.3 is 0 Å². The molecule has 3 N–H and O–H groups in total. The molecule has 5 nitrogen and oxygen atoms in total. The number of nitriles is 1. The first-order chi connectivity index (χ1) is 10.6. The maximum Gasteiger partial charge on any atom is 0.267 e. The van der Waals surface area contributed by atoms with Crippen molar-refractivity contribution >= 4 is 39.9 Å². The van der Waals surface area contributed by atoms with E-state index in [1.54, 1.807) is 12.1 Å². The summed E-state index contributed by atoms with van der Waals surface area (Å²) >= 11 is 2.19. The first-order valence-electron chi connectivity index (χ1n) is 6.31. The third-order valence-corrected chi connectivity index (χ3v) is 3.42. The van der Waals surface area contributed by atoms with Crippen molar-refractivity contribution in [3.05, 3.63) is 63.9 Å². The van der Waals surface area contributed by atoms with Gasteiger partial charge in [-0.1, -0.05) is 6.07 Å². The van der Waals surface area contributed by atoms with Crippen LogP contribution in [0, 0.1) is 14.9 Å². The number of halogens is 1. The molecule has 0 saturated heterocycles. The van der Waals surface area contributed by atoms with E-state index >= 15 is 0 Å². The standard InChI is InChI=1S/C16H12IN3O2/c17-12-4-6-13(7-5-12)19-10-11(9-18)16(22)20-14-2-1-3-15(21)8-14/h1-8,10,19,21H,(H,20,22)/b11-10-. The fourth-order valence-electron chi connectivity index (χ4n) is 1.63. The van der Waals surface area contributed by atoms with Crippen LogP contribution in [0.15, 0.2) is 60.3 Å². The average molecular weight is 405 g/mol. The van der Waals surface area contributed by atoms with Crippen LogP contribution in [0.3, 0.4) is 0 Å². The van der Waals surface area contributed by atoms with Gasteiger partial charge in [-0.25, -0.2) is 0 Å². The minimum Gasteiger partial charge on any atom is -0.508 e. The molecule has 2 rings (SSSR count). The highest BCUT2D eigenvalue weighted by molar-refractivity contribution is 14.1. The van der Waals surface area contributed by atoms with Crippen LogP contribution in [-0.2, 0) is 4.79 Å². The lowest BCUT2D eigenvalue weighted by molar-refractivity contribution is -0.112. The molecular weight excluding hydrogens is 393 g/mol. The number of hydrogen-bond acceptors (Lipinski definition) is 4. The summed E-state index contributed by atoms with van der Waals surface area (Å²) in [7, 11) is 0. The number of phenols is 1. The van der Waals surface area contributed by atoms with Gasteiger partial charge in [0.25, 0.3) is 5.91 Å². The number of carbonyl (C=O) groups excluding carboxylic acids is 1. The van der Waals surface area contributed by atoms with Crippen molar-refractivity contribution in [2.75, 3.05) is 10.6 Å². The zero-order valence-corrected chi connectivity index (χ0v) is 13.5. The summed E-state index contributed by atoms with van der Waals surface area (Å²) in [5.74, 6) is -0.511. The highest BCUT2D eigenvalue weighted by Gasteiger charge is 2.09. The van der Waals surface area contributed by atoms with Gasteiger partial charge in [0.2, 0.25) is 0 Å². The number of aromatic hydroxyl groups is 1. The minimum absolute atomic E-state index is 0.0392. The Morgan fingerprint density at radius 1 is 1.18 bits per heavy atom. The Bertz CT molecular complexity index is 749. The Hall–Kier alpha value is -2.53. The van der Waals surface area contributed by atoms with Crippen molar-refractivity contribution in [1.29, 1.82) is 5.26 Å². The van der Waals surface area contributed by atoms with Gasteiger partial charge in [0.05, 0.1) is 0 Å². The summed E-state index contributed by atoms with van der Waals surface area (Å²) in [5.41, 5.74) is 1.13. The van der Waals surface area contributed by atoms with E-state index in [1.807, 2.05) is 30.3 Å². The number of nitrogens with zero attached hydrogens (tertiary/aromatic N) is 1. The number of amides is 1. The maximum absolute atomic E-state index is 12.0. The van der Waals surface area contributed by atoms with Crippen molar-refractivity contribution in [3.8, 4) is 11.8 Å². The molecule has 0 spiro atoms. The largest absolute Gasteiger partial charge is 0.508 e. The van der Waals surface area contributed by atoms with Crippen LogP contribution in [0.25, 0.3) is 0 Å². The van der Waals surface area contributed by atoms with Crippen LogP contribution < -0.4 is 10.6 Å². The molecule has 6 heteroatoms. The Labute approximate surface area is 141 Å². The zero-order valence-electron chi connectivity index (χ0n) is 11.4. The SMILES string of the molecule is N#C/C(=C/Nc1ccc(I)cc1)C(=O)Nc1cccc(O)c1. The molecule has 110 valence electrons. The van der Waals surface area contributed by atoms with Gasteiger partial charge in [-0.15, -0.1) is 0 Å². The van der Waals surface area contributed by atoms with Crippen LogP contribution >= 0.6 is 22.6 Å². The second-order valence-electron chi connectivity index (χ2n) is 4.33. The van der Waals surface area contributed by atoms with Crippen molar-refractivity contribution in [2.24, 2.45) is 0 Å². The Kier molecular flexibility index (Phi) is 5.38. The second kappa shape index (κ2) is 7.47. The fraction of sp³-hybridized carbons (Fsp3) is 0. The quantitative estimate of drug-likeness (QED) is 0.413. The van der Waals surface area contributed by atoms with Gasteiger partial charge in [0, 0.05) is 27.2 Å². The molecule has 0 aliphatic rings. The van der Waals surface area contributed by atoms with E-state index in [-0.39, 0.29) is 11.3 Å². The predicted octanol–water partition coefficient (Wildman–Crippen LogP) is 3.45. The van der Waals surface area contributed by atoms with Gasteiger partial charge in [0.1, 0.15) is 17.4 Å². The molecule has 0 atom stereocenters. The number of anilines is 2. The van der Waals surface area contributed by atoms with Crippen molar-refractivity contribution in [2.45, 2.75) is 0 Å². The highest BCUT2D eigenvalue weighted by Crippen LogP contribution is 2.16. The van der Waals surface area contributed by atoms with E-state index in [2.05, 4.69) is 33.2 Å². The molecule has 0 heterocycles. The summed E-state index contributed by atoms with van der Waals surface area (Å²) in [6.07, 6.45) is 1.35. The molecule has 0 radical (unpaired) electrons. The molecule has 0 saturated carbocycles. The third kappa shape index (κ3) is 4.49. The monoisotopic (exact) mass is 405 g/mol. The Balaban J connectivity index is 2.07. The second-order valence-corrected chi connectivity index (χ2v) is 5.57. The van der Waals surface area contributed by atoms with Gasteiger partial charge in [-0.05, 0) is 59.0 Å². The van der Waals surface area contributed by atoms with E-state index < -0.39 is 5.91 Å². The normalized spacial score (nSPS) is 10.6. The number of phenolic OH excluding ortho intramolecular Hbond substituents is 1. The van der Waals surface area contributed by atoms with Crippen molar-refractivity contribution in [1.82, 2.24) is 0 Å². The average Bonchev–Trinajstić information content (AvgIpc) is 2.49. The van der Waals surface area contributed by atoms with Crippen LogP contribution in [0.2, 0.25) is 0 Å². The summed E-state index contributed by atoms with van der Waals surface area (Å²) in [5, 5.41) is 23.9. The van der Waals surface area contributed by atoms with E-state index in [4.69, 9.17) is 5.26 Å². The summed E-state index contributed by atoms with van der Waals surface area (Å²) in [6.45, 7) is 0. The molecule has 2 aromatic rings. The number of hydrogen-bond donors (Lipinski definition) is 3. The highest BCUT2D eigenvalue weighted by atomic mass is 127. The lowest BCUT2D eigenvalue weighted by atomic mass is 10.2. The fourth-order valence-corrected chi connectivity index (χ4v) is 1.99. The first-order valence-corrected chi connectivity index (χ1v) is 7.39. The van der Waals surface area contributed by atoms with Gasteiger partial charge in [-0.2, -0.15) is 5.26 Å². The molecule has 0 aliphatic carbocycles. The molecule has 0 aliphatic heterocycles. The van der Waals surface area contributed by atoms with Crippen LogP contribution in [0.1, 0.15) is 0 Å². The van der Waals surface area contributed by atoms with Crippen LogP contribution in [0.5, 0.6) is 5.75 Å². The topological polar surface area (TPSA) is 85.2 Å². The predicted molar refractivity (Wildman–Crippen MR) is 93.2 cm³/mol. The van der Waals surface area contributed by atoms with E-state index in [0.717, 1.165) is 9.26 Å². The molecule has 22 heavy (non-hydrogen) atoms. The van der Waals surface area contributed by atoms with E-state index in [9.17, 15) is 9.90 Å². The Morgan fingerprint density at radius 3 is 2.55 bits per heavy atom. The van der Waals surface area contributed by atoms with E-state index in [0.29, 0.717) is 5.69 Å². The lowest BCUT2D eigenvalue weighted by Gasteiger charge is -2.05. The number of benzene rings is 2. The van der Waals surface area contributed by atoms with Gasteiger partial charge in [-0.3, -0.25) is 4.79 Å². The van der Waals surface area contributed by atoms with Crippen molar-refractivity contribution < 1.29 is 9.90 Å². The smallest absolute Gasteiger partial charge is 0.267 e. The zero-order chi connectivity index (χ0) is 15.9. The first kappa shape index (κ1) is 15.9. The van der Waals surface area contributed by atoms with Crippen LogP contribution in [0.4, 0.5) is 11.4 Å². The van der Waals surface area contributed by atoms with Crippen molar-refractivity contribution in [3.63, 3.8) is 0 Å². The van der Waals surface area contributed by atoms with E-state index in [1.165, 1.54) is 18.3 Å². The van der Waals surface area contributed by atoms with Gasteiger partial charge in [0.15, 0.2) is 0 Å². The summed E-state index contributed by atoms with van der Waals surface area (Å²) in [4.78, 5) is 12.0. The molecule has 0 aromatic heterocycles. The number of nitrogens with one attached hydrogen (secondary N) is 2. The molecule has 0 unspecified atom stereocenters. The molecule has 0 fully saturated rings. The molecule has 0 bridgehead atoms. The molecule has 2 aromatic carbocycles. The van der Waals surface area contributed by atoms with Crippen LogP contribution in [-0.4, -0.2) is 11.0 Å². The lowest BCUT2D eigenvalue weighted by Crippen LogP contribution is -2.14. The molecule has 1 amide bonds. The van der Waals surface area contributed by atoms with Gasteiger partial charge < -0.3 is 15.7 Å². The summed E-state index contributed by atoms with van der Waals surface area (Å²) < 4.78 is 1.09. The molecular formula is C16H12IN3O2.